The van der Waals surface area contributed by atoms with E-state index < -0.39 is 5.60 Å². The van der Waals surface area contributed by atoms with Crippen molar-refractivity contribution >= 4 is 22.0 Å². The molecule has 0 bridgehead atoms. The summed E-state index contributed by atoms with van der Waals surface area (Å²) in [6, 6.07) is 3.83. The summed E-state index contributed by atoms with van der Waals surface area (Å²) >= 11 is 3.37. The Hall–Kier alpha value is -1.30. The van der Waals surface area contributed by atoms with Crippen LogP contribution in [0, 0.1) is 6.92 Å². The first-order valence-electron chi connectivity index (χ1n) is 7.52. The standard InChI is InChI=1S/C16H23BrN2O3/c1-11-8-13(17)18-14(9-11)21-12-6-5-7-19(10-12)15(20)22-16(2,3)4/h8-9,12H,5-7,10H2,1-4H3/t12-/m0/s1. The molecular formula is C16H23BrN2O3. The first-order chi connectivity index (χ1) is 10.2. The molecule has 1 amide bonds. The van der Waals surface area contributed by atoms with Crippen LogP contribution in [0.2, 0.25) is 0 Å². The van der Waals surface area contributed by atoms with Crippen LogP contribution < -0.4 is 4.74 Å². The van der Waals surface area contributed by atoms with Gasteiger partial charge in [-0.15, -0.1) is 0 Å². The Morgan fingerprint density at radius 3 is 2.77 bits per heavy atom. The van der Waals surface area contributed by atoms with Gasteiger partial charge in [-0.3, -0.25) is 0 Å². The van der Waals surface area contributed by atoms with E-state index in [9.17, 15) is 4.79 Å². The third kappa shape index (κ3) is 5.16. The molecule has 0 aliphatic carbocycles. The molecule has 0 saturated carbocycles. The zero-order chi connectivity index (χ0) is 16.3. The lowest BCUT2D eigenvalue weighted by Gasteiger charge is -2.34. The number of rotatable bonds is 2. The minimum Gasteiger partial charge on any atom is -0.472 e. The summed E-state index contributed by atoms with van der Waals surface area (Å²) in [5, 5.41) is 0. The number of carbonyl (C=O) groups is 1. The third-order valence-corrected chi connectivity index (χ3v) is 3.64. The van der Waals surface area contributed by atoms with Crippen LogP contribution in [-0.2, 0) is 4.74 Å². The maximum Gasteiger partial charge on any atom is 0.410 e. The van der Waals surface area contributed by atoms with Crippen LogP contribution in [0.3, 0.4) is 0 Å². The number of ether oxygens (including phenoxy) is 2. The number of halogens is 1. The zero-order valence-corrected chi connectivity index (χ0v) is 15.1. The van der Waals surface area contributed by atoms with Crippen molar-refractivity contribution in [2.24, 2.45) is 0 Å². The monoisotopic (exact) mass is 370 g/mol. The van der Waals surface area contributed by atoms with Crippen LogP contribution in [0.4, 0.5) is 4.79 Å². The summed E-state index contributed by atoms with van der Waals surface area (Å²) in [6.07, 6.45) is 1.48. The number of amides is 1. The molecular weight excluding hydrogens is 348 g/mol. The van der Waals surface area contributed by atoms with Gasteiger partial charge >= 0.3 is 6.09 Å². The highest BCUT2D eigenvalue weighted by Crippen LogP contribution is 2.21. The molecule has 22 heavy (non-hydrogen) atoms. The summed E-state index contributed by atoms with van der Waals surface area (Å²) in [7, 11) is 0. The highest BCUT2D eigenvalue weighted by atomic mass is 79.9. The van der Waals surface area contributed by atoms with Gasteiger partial charge in [-0.05, 0) is 68.1 Å². The van der Waals surface area contributed by atoms with Crippen molar-refractivity contribution in [2.75, 3.05) is 13.1 Å². The third-order valence-electron chi connectivity index (χ3n) is 3.23. The van der Waals surface area contributed by atoms with E-state index in [-0.39, 0.29) is 12.2 Å². The highest BCUT2D eigenvalue weighted by molar-refractivity contribution is 9.10. The summed E-state index contributed by atoms with van der Waals surface area (Å²) < 4.78 is 12.1. The summed E-state index contributed by atoms with van der Waals surface area (Å²) in [5.74, 6) is 0.586. The number of aromatic nitrogens is 1. The average molecular weight is 371 g/mol. The van der Waals surface area contributed by atoms with Gasteiger partial charge in [-0.25, -0.2) is 9.78 Å². The molecule has 2 heterocycles. The second-order valence-electron chi connectivity index (χ2n) is 6.61. The number of hydrogen-bond donors (Lipinski definition) is 0. The molecule has 0 N–H and O–H groups in total. The van der Waals surface area contributed by atoms with Gasteiger partial charge in [-0.1, -0.05) is 0 Å². The smallest absolute Gasteiger partial charge is 0.410 e. The van der Waals surface area contributed by atoms with E-state index in [0.29, 0.717) is 19.0 Å². The molecule has 0 aromatic carbocycles. The van der Waals surface area contributed by atoms with Crippen LogP contribution in [0.1, 0.15) is 39.2 Å². The van der Waals surface area contributed by atoms with Gasteiger partial charge in [0.15, 0.2) is 0 Å². The summed E-state index contributed by atoms with van der Waals surface area (Å²) in [6.45, 7) is 8.85. The number of pyridine rings is 1. The molecule has 1 aliphatic rings. The molecule has 1 saturated heterocycles. The lowest BCUT2D eigenvalue weighted by Crippen LogP contribution is -2.46. The number of nitrogens with zero attached hydrogens (tertiary/aromatic N) is 2. The topological polar surface area (TPSA) is 51.7 Å². The molecule has 6 heteroatoms. The molecule has 122 valence electrons. The van der Waals surface area contributed by atoms with Crippen molar-refractivity contribution < 1.29 is 14.3 Å². The molecule has 0 radical (unpaired) electrons. The molecule has 0 unspecified atom stereocenters. The van der Waals surface area contributed by atoms with Crippen molar-refractivity contribution in [3.05, 3.63) is 22.3 Å². The quantitative estimate of drug-likeness (QED) is 0.740. The fourth-order valence-corrected chi connectivity index (χ4v) is 2.89. The van der Waals surface area contributed by atoms with Gasteiger partial charge in [0.1, 0.15) is 16.3 Å². The second-order valence-corrected chi connectivity index (χ2v) is 7.43. The Labute approximate surface area is 140 Å². The van der Waals surface area contributed by atoms with E-state index in [1.807, 2.05) is 39.8 Å². The van der Waals surface area contributed by atoms with E-state index in [1.165, 1.54) is 0 Å². The molecule has 5 nitrogen and oxygen atoms in total. The summed E-state index contributed by atoms with van der Waals surface area (Å²) in [5.41, 5.74) is 0.602. The Balaban J connectivity index is 1.97. The zero-order valence-electron chi connectivity index (χ0n) is 13.6. The van der Waals surface area contributed by atoms with E-state index in [2.05, 4.69) is 20.9 Å². The minimum absolute atomic E-state index is 0.0533. The van der Waals surface area contributed by atoms with Gasteiger partial charge < -0.3 is 14.4 Å². The van der Waals surface area contributed by atoms with E-state index in [4.69, 9.17) is 9.47 Å². The lowest BCUT2D eigenvalue weighted by molar-refractivity contribution is 0.00719. The fraction of sp³-hybridized carbons (Fsp3) is 0.625. The molecule has 1 aliphatic heterocycles. The molecule has 1 aromatic rings. The Morgan fingerprint density at radius 2 is 2.14 bits per heavy atom. The molecule has 1 aromatic heterocycles. The van der Waals surface area contributed by atoms with Gasteiger partial charge in [0.25, 0.3) is 0 Å². The van der Waals surface area contributed by atoms with Crippen LogP contribution in [0.5, 0.6) is 5.88 Å². The molecule has 1 fully saturated rings. The SMILES string of the molecule is Cc1cc(Br)nc(O[C@H]2CCCN(C(=O)OC(C)(C)C)C2)c1. The number of carbonyl (C=O) groups excluding carboxylic acids is 1. The first-order valence-corrected chi connectivity index (χ1v) is 8.31. The minimum atomic E-state index is -0.478. The molecule has 1 atom stereocenters. The maximum absolute atomic E-state index is 12.1. The average Bonchev–Trinajstić information content (AvgIpc) is 2.35. The highest BCUT2D eigenvalue weighted by Gasteiger charge is 2.28. The normalized spacial score (nSPS) is 19.0. The second kappa shape index (κ2) is 6.86. The molecule has 0 spiro atoms. The fourth-order valence-electron chi connectivity index (χ4n) is 2.35. The Morgan fingerprint density at radius 1 is 1.41 bits per heavy atom. The van der Waals surface area contributed by atoms with Crippen molar-refractivity contribution in [1.82, 2.24) is 9.88 Å². The lowest BCUT2D eigenvalue weighted by atomic mass is 10.1. The molecule has 2 rings (SSSR count). The van der Waals surface area contributed by atoms with E-state index in [0.717, 1.165) is 23.0 Å². The van der Waals surface area contributed by atoms with Gasteiger partial charge in [-0.2, -0.15) is 0 Å². The van der Waals surface area contributed by atoms with Gasteiger partial charge in [0.05, 0.1) is 6.54 Å². The number of piperidine rings is 1. The van der Waals surface area contributed by atoms with Gasteiger partial charge in [0.2, 0.25) is 5.88 Å². The predicted octanol–water partition coefficient (Wildman–Crippen LogP) is 3.93. The summed E-state index contributed by atoms with van der Waals surface area (Å²) in [4.78, 5) is 18.2. The number of hydrogen-bond acceptors (Lipinski definition) is 4. The number of likely N-dealkylation sites (tertiary alicyclic amines) is 1. The Kier molecular flexibility index (Phi) is 5.32. The van der Waals surface area contributed by atoms with Crippen LogP contribution in [0.15, 0.2) is 16.7 Å². The van der Waals surface area contributed by atoms with Crippen molar-refractivity contribution in [3.63, 3.8) is 0 Å². The van der Waals surface area contributed by atoms with Crippen molar-refractivity contribution in [2.45, 2.75) is 52.2 Å². The van der Waals surface area contributed by atoms with Crippen LogP contribution >= 0.6 is 15.9 Å². The van der Waals surface area contributed by atoms with Crippen molar-refractivity contribution in [3.8, 4) is 5.88 Å². The largest absolute Gasteiger partial charge is 0.472 e. The van der Waals surface area contributed by atoms with Crippen LogP contribution in [0.25, 0.3) is 0 Å². The first kappa shape index (κ1) is 17.1. The van der Waals surface area contributed by atoms with Crippen molar-refractivity contribution in [1.29, 1.82) is 0 Å². The maximum atomic E-state index is 12.1. The van der Waals surface area contributed by atoms with Gasteiger partial charge in [0, 0.05) is 12.6 Å². The van der Waals surface area contributed by atoms with E-state index >= 15 is 0 Å². The predicted molar refractivity (Wildman–Crippen MR) is 88.1 cm³/mol. The van der Waals surface area contributed by atoms with E-state index in [1.54, 1.807) is 4.90 Å². The Bertz CT molecular complexity index is 522. The number of aryl methyl sites for hydroxylation is 1. The van der Waals surface area contributed by atoms with Crippen LogP contribution in [-0.4, -0.2) is 40.8 Å².